The average molecular weight is 291 g/mol. The van der Waals surface area contributed by atoms with Gasteiger partial charge in [-0.2, -0.15) is 0 Å². The predicted molar refractivity (Wildman–Crippen MR) is 82.2 cm³/mol. The molecule has 0 aliphatic carbocycles. The van der Waals surface area contributed by atoms with Gasteiger partial charge in [-0.1, -0.05) is 25.5 Å². The van der Waals surface area contributed by atoms with Gasteiger partial charge in [0.1, 0.15) is 12.4 Å². The maximum atomic E-state index is 12.5. The first-order chi connectivity index (χ1) is 10.2. The van der Waals surface area contributed by atoms with Gasteiger partial charge >= 0.3 is 5.97 Å². The van der Waals surface area contributed by atoms with Crippen LogP contribution < -0.4 is 10.1 Å². The van der Waals surface area contributed by atoms with Crippen molar-refractivity contribution in [2.75, 3.05) is 20.2 Å². The number of carbonyl (C=O) groups is 1. The molecule has 1 atom stereocenters. The Labute approximate surface area is 126 Å². The first-order valence-corrected chi connectivity index (χ1v) is 7.71. The molecule has 1 aromatic rings. The largest absolute Gasteiger partial charge is 0.497 e. The topological polar surface area (TPSA) is 47.6 Å². The molecule has 0 amide bonds. The third-order valence-electron chi connectivity index (χ3n) is 4.14. The molecular formula is C17H25NO3. The lowest BCUT2D eigenvalue weighted by atomic mass is 9.77. The number of nitrogens with one attached hydrogen (secondary N) is 1. The lowest BCUT2D eigenvalue weighted by Gasteiger charge is -2.35. The van der Waals surface area contributed by atoms with Crippen LogP contribution in [0.5, 0.6) is 5.75 Å². The van der Waals surface area contributed by atoms with Gasteiger partial charge in [-0.15, -0.1) is 0 Å². The maximum Gasteiger partial charge on any atom is 0.313 e. The minimum absolute atomic E-state index is 0.0700. The molecule has 4 heteroatoms. The van der Waals surface area contributed by atoms with Gasteiger partial charge in [0.2, 0.25) is 0 Å². The SMILES string of the molecule is CCCC1(C(=O)OCc2cccc(OC)c2)CCCNC1. The summed E-state index contributed by atoms with van der Waals surface area (Å²) in [6.07, 6.45) is 3.84. The molecule has 0 saturated carbocycles. The Morgan fingerprint density at radius 3 is 2.95 bits per heavy atom. The number of ether oxygens (including phenoxy) is 2. The van der Waals surface area contributed by atoms with Gasteiger partial charge in [0.05, 0.1) is 12.5 Å². The summed E-state index contributed by atoms with van der Waals surface area (Å²) in [6, 6.07) is 7.64. The van der Waals surface area contributed by atoms with Gasteiger partial charge in [0.25, 0.3) is 0 Å². The standard InChI is InChI=1S/C17H25NO3/c1-3-8-17(9-5-10-18-13-17)16(19)21-12-14-6-4-7-15(11-14)20-2/h4,6-7,11,18H,3,5,8-10,12-13H2,1-2H3. The quantitative estimate of drug-likeness (QED) is 0.819. The third kappa shape index (κ3) is 3.97. The van der Waals surface area contributed by atoms with E-state index in [1.807, 2.05) is 24.3 Å². The summed E-state index contributed by atoms with van der Waals surface area (Å²) in [4.78, 5) is 12.5. The average Bonchev–Trinajstić information content (AvgIpc) is 2.54. The predicted octanol–water partition coefficient (Wildman–Crippen LogP) is 2.91. The highest BCUT2D eigenvalue weighted by Crippen LogP contribution is 2.33. The Bertz CT molecular complexity index is 461. The van der Waals surface area contributed by atoms with E-state index < -0.39 is 0 Å². The smallest absolute Gasteiger partial charge is 0.313 e. The van der Waals surface area contributed by atoms with Crippen molar-refractivity contribution >= 4 is 5.97 Å². The van der Waals surface area contributed by atoms with E-state index in [4.69, 9.17) is 9.47 Å². The van der Waals surface area contributed by atoms with Crippen LogP contribution in [0.4, 0.5) is 0 Å². The Morgan fingerprint density at radius 2 is 2.29 bits per heavy atom. The molecule has 1 unspecified atom stereocenters. The summed E-state index contributed by atoms with van der Waals surface area (Å²) >= 11 is 0. The summed E-state index contributed by atoms with van der Waals surface area (Å²) in [5.74, 6) is 0.713. The molecule has 1 aromatic carbocycles. The summed E-state index contributed by atoms with van der Waals surface area (Å²) in [5, 5.41) is 3.34. The zero-order valence-electron chi connectivity index (χ0n) is 13.0. The molecule has 1 heterocycles. The first kappa shape index (κ1) is 15.8. The number of carbonyl (C=O) groups excluding carboxylic acids is 1. The van der Waals surface area contributed by atoms with Gasteiger partial charge in [-0.3, -0.25) is 4.79 Å². The van der Waals surface area contributed by atoms with Gasteiger partial charge < -0.3 is 14.8 Å². The molecule has 4 nitrogen and oxygen atoms in total. The third-order valence-corrected chi connectivity index (χ3v) is 4.14. The highest BCUT2D eigenvalue weighted by molar-refractivity contribution is 5.77. The lowest BCUT2D eigenvalue weighted by Crippen LogP contribution is -2.46. The molecule has 1 saturated heterocycles. The number of methoxy groups -OCH3 is 1. The van der Waals surface area contributed by atoms with Gasteiger partial charge in [-0.05, 0) is 43.5 Å². The summed E-state index contributed by atoms with van der Waals surface area (Å²) in [5.41, 5.74) is 0.615. The van der Waals surface area contributed by atoms with E-state index in [9.17, 15) is 4.79 Å². The fraction of sp³-hybridized carbons (Fsp3) is 0.588. The monoisotopic (exact) mass is 291 g/mol. The van der Waals surface area contributed by atoms with Gasteiger partial charge in [0.15, 0.2) is 0 Å². The van der Waals surface area contributed by atoms with Crippen LogP contribution in [0.15, 0.2) is 24.3 Å². The van der Waals surface area contributed by atoms with Gasteiger partial charge in [0, 0.05) is 6.54 Å². The Kier molecular flexibility index (Phi) is 5.62. The number of hydrogen-bond acceptors (Lipinski definition) is 4. The molecule has 1 aliphatic heterocycles. The Hall–Kier alpha value is -1.55. The molecule has 2 rings (SSSR count). The van der Waals surface area contributed by atoms with E-state index in [1.54, 1.807) is 7.11 Å². The van der Waals surface area contributed by atoms with Crippen LogP contribution in [0.1, 0.15) is 38.2 Å². The van der Waals surface area contributed by atoms with E-state index in [0.29, 0.717) is 6.61 Å². The molecule has 0 aromatic heterocycles. The van der Waals surface area contributed by atoms with Crippen LogP contribution in [0, 0.1) is 5.41 Å². The van der Waals surface area contributed by atoms with Crippen molar-refractivity contribution in [2.45, 2.75) is 39.2 Å². The van der Waals surface area contributed by atoms with E-state index >= 15 is 0 Å². The van der Waals surface area contributed by atoms with Crippen LogP contribution in [-0.2, 0) is 16.1 Å². The highest BCUT2D eigenvalue weighted by Gasteiger charge is 2.40. The van der Waals surface area contributed by atoms with Crippen molar-refractivity contribution in [3.63, 3.8) is 0 Å². The van der Waals surface area contributed by atoms with E-state index in [2.05, 4.69) is 12.2 Å². The maximum absolute atomic E-state index is 12.5. The van der Waals surface area contributed by atoms with Crippen molar-refractivity contribution in [1.82, 2.24) is 5.32 Å². The van der Waals surface area contributed by atoms with Crippen molar-refractivity contribution in [2.24, 2.45) is 5.41 Å². The Morgan fingerprint density at radius 1 is 1.43 bits per heavy atom. The zero-order chi connectivity index (χ0) is 15.1. The molecule has 0 bridgehead atoms. The van der Waals surface area contributed by atoms with Crippen molar-refractivity contribution in [3.8, 4) is 5.75 Å². The number of benzene rings is 1. The summed E-state index contributed by atoms with van der Waals surface area (Å²) < 4.78 is 10.8. The summed E-state index contributed by atoms with van der Waals surface area (Å²) in [7, 11) is 1.63. The van der Waals surface area contributed by atoms with E-state index in [1.165, 1.54) is 0 Å². The van der Waals surface area contributed by atoms with E-state index in [-0.39, 0.29) is 11.4 Å². The van der Waals surface area contributed by atoms with Crippen LogP contribution in [0.2, 0.25) is 0 Å². The van der Waals surface area contributed by atoms with Crippen molar-refractivity contribution in [1.29, 1.82) is 0 Å². The number of piperidine rings is 1. The normalized spacial score (nSPS) is 21.8. The molecule has 21 heavy (non-hydrogen) atoms. The first-order valence-electron chi connectivity index (χ1n) is 7.71. The van der Waals surface area contributed by atoms with Crippen LogP contribution in [0.3, 0.4) is 0 Å². The lowest BCUT2D eigenvalue weighted by molar-refractivity contribution is -0.159. The number of hydrogen-bond donors (Lipinski definition) is 1. The van der Waals surface area contributed by atoms with Gasteiger partial charge in [-0.25, -0.2) is 0 Å². The van der Waals surface area contributed by atoms with Crippen LogP contribution in [-0.4, -0.2) is 26.2 Å². The van der Waals surface area contributed by atoms with Crippen molar-refractivity contribution in [3.05, 3.63) is 29.8 Å². The van der Waals surface area contributed by atoms with Crippen LogP contribution >= 0.6 is 0 Å². The molecule has 116 valence electrons. The number of rotatable bonds is 6. The molecule has 1 fully saturated rings. The molecule has 0 spiro atoms. The number of esters is 1. The van der Waals surface area contributed by atoms with E-state index in [0.717, 1.165) is 50.1 Å². The van der Waals surface area contributed by atoms with Crippen molar-refractivity contribution < 1.29 is 14.3 Å². The second-order valence-electron chi connectivity index (χ2n) is 5.74. The minimum atomic E-state index is -0.341. The zero-order valence-corrected chi connectivity index (χ0v) is 13.0. The fourth-order valence-electron chi connectivity index (χ4n) is 3.00. The summed E-state index contributed by atoms with van der Waals surface area (Å²) in [6.45, 7) is 4.15. The molecule has 1 aliphatic rings. The molecule has 1 N–H and O–H groups in total. The second kappa shape index (κ2) is 7.46. The molecular weight excluding hydrogens is 266 g/mol. The Balaban J connectivity index is 1.98. The fourth-order valence-corrected chi connectivity index (χ4v) is 3.00. The minimum Gasteiger partial charge on any atom is -0.497 e. The van der Waals surface area contributed by atoms with Crippen LogP contribution in [0.25, 0.3) is 0 Å². The molecule has 0 radical (unpaired) electrons. The second-order valence-corrected chi connectivity index (χ2v) is 5.74. The highest BCUT2D eigenvalue weighted by atomic mass is 16.5.